The summed E-state index contributed by atoms with van der Waals surface area (Å²) in [6, 6.07) is 27.8. The molecule has 2 nitrogen and oxygen atoms in total. The number of carbonyl (C=O) groups excluding carboxylic acids is 1. The van der Waals surface area contributed by atoms with E-state index < -0.39 is 0 Å². The van der Waals surface area contributed by atoms with Crippen LogP contribution >= 0.6 is 0 Å². The Morgan fingerprint density at radius 2 is 1.48 bits per heavy atom. The van der Waals surface area contributed by atoms with Crippen LogP contribution in [0.3, 0.4) is 0 Å². The first-order valence-corrected chi connectivity index (χ1v) is 9.41. The van der Waals surface area contributed by atoms with Crippen molar-refractivity contribution in [2.24, 2.45) is 0 Å². The number of hydrogen-bond acceptors (Lipinski definition) is 1. The molecule has 1 N–H and O–H groups in total. The molecule has 0 bridgehead atoms. The SMILES string of the molecule is CCC(C)c1ccc(NC(=O)/C(=C/c2ccccc2)c2ccccc2)cc1. The van der Waals surface area contributed by atoms with E-state index in [0.717, 1.165) is 23.2 Å². The van der Waals surface area contributed by atoms with Gasteiger partial charge in [-0.25, -0.2) is 0 Å². The molecule has 0 saturated carbocycles. The molecule has 1 amide bonds. The van der Waals surface area contributed by atoms with E-state index in [2.05, 4.69) is 31.3 Å². The average molecular weight is 355 g/mol. The van der Waals surface area contributed by atoms with E-state index in [9.17, 15) is 4.79 Å². The predicted molar refractivity (Wildman–Crippen MR) is 115 cm³/mol. The zero-order valence-electron chi connectivity index (χ0n) is 15.9. The summed E-state index contributed by atoms with van der Waals surface area (Å²) < 4.78 is 0. The third kappa shape index (κ3) is 4.95. The highest BCUT2D eigenvalue weighted by molar-refractivity contribution is 6.29. The van der Waals surface area contributed by atoms with Gasteiger partial charge in [-0.15, -0.1) is 0 Å². The zero-order chi connectivity index (χ0) is 19.1. The monoisotopic (exact) mass is 355 g/mol. The van der Waals surface area contributed by atoms with Gasteiger partial charge in [0, 0.05) is 11.3 Å². The number of hydrogen-bond donors (Lipinski definition) is 1. The fraction of sp³-hybridized carbons (Fsp3) is 0.160. The maximum Gasteiger partial charge on any atom is 0.256 e. The van der Waals surface area contributed by atoms with E-state index in [-0.39, 0.29) is 5.91 Å². The van der Waals surface area contributed by atoms with Crippen LogP contribution in [0.25, 0.3) is 11.6 Å². The smallest absolute Gasteiger partial charge is 0.256 e. The number of carbonyl (C=O) groups is 1. The summed E-state index contributed by atoms with van der Waals surface area (Å²) >= 11 is 0. The van der Waals surface area contributed by atoms with Crippen molar-refractivity contribution in [1.82, 2.24) is 0 Å². The van der Waals surface area contributed by atoms with Gasteiger partial charge in [0.2, 0.25) is 0 Å². The van der Waals surface area contributed by atoms with Gasteiger partial charge in [-0.3, -0.25) is 4.79 Å². The Morgan fingerprint density at radius 1 is 0.889 bits per heavy atom. The lowest BCUT2D eigenvalue weighted by Crippen LogP contribution is -2.13. The Kier molecular flexibility index (Phi) is 6.22. The van der Waals surface area contributed by atoms with Crippen LogP contribution in [0, 0.1) is 0 Å². The highest BCUT2D eigenvalue weighted by atomic mass is 16.1. The standard InChI is InChI=1S/C25H25NO/c1-3-19(2)21-14-16-23(17-15-21)26-25(27)24(22-12-8-5-9-13-22)18-20-10-6-4-7-11-20/h4-19H,3H2,1-2H3,(H,26,27)/b24-18+. The third-order valence-electron chi connectivity index (χ3n) is 4.79. The molecule has 136 valence electrons. The molecule has 0 aliphatic carbocycles. The fourth-order valence-corrected chi connectivity index (χ4v) is 2.94. The van der Waals surface area contributed by atoms with Gasteiger partial charge in [0.05, 0.1) is 0 Å². The van der Waals surface area contributed by atoms with Crippen molar-refractivity contribution < 1.29 is 4.79 Å². The van der Waals surface area contributed by atoms with Crippen LogP contribution in [-0.4, -0.2) is 5.91 Å². The lowest BCUT2D eigenvalue weighted by atomic mass is 9.98. The minimum Gasteiger partial charge on any atom is -0.322 e. The lowest BCUT2D eigenvalue weighted by molar-refractivity contribution is -0.111. The van der Waals surface area contributed by atoms with Gasteiger partial charge >= 0.3 is 0 Å². The van der Waals surface area contributed by atoms with Crippen LogP contribution in [0.5, 0.6) is 0 Å². The predicted octanol–water partition coefficient (Wildman–Crippen LogP) is 6.38. The second kappa shape index (κ2) is 9.00. The highest BCUT2D eigenvalue weighted by Crippen LogP contribution is 2.23. The highest BCUT2D eigenvalue weighted by Gasteiger charge is 2.13. The quantitative estimate of drug-likeness (QED) is 0.403. The molecule has 3 aromatic carbocycles. The molecule has 2 heteroatoms. The van der Waals surface area contributed by atoms with Crippen molar-refractivity contribution in [3.63, 3.8) is 0 Å². The molecule has 0 aliphatic rings. The van der Waals surface area contributed by atoms with E-state index >= 15 is 0 Å². The first kappa shape index (κ1) is 18.7. The molecule has 0 heterocycles. The largest absolute Gasteiger partial charge is 0.322 e. The zero-order valence-corrected chi connectivity index (χ0v) is 15.9. The molecule has 0 saturated heterocycles. The maximum atomic E-state index is 13.0. The molecule has 3 aromatic rings. The van der Waals surface area contributed by atoms with E-state index in [0.29, 0.717) is 11.5 Å². The van der Waals surface area contributed by atoms with Crippen molar-refractivity contribution in [2.75, 3.05) is 5.32 Å². The lowest BCUT2D eigenvalue weighted by Gasteiger charge is -2.12. The number of rotatable bonds is 6. The summed E-state index contributed by atoms with van der Waals surface area (Å²) in [5.74, 6) is 0.411. The third-order valence-corrected chi connectivity index (χ3v) is 4.79. The molecule has 0 aromatic heterocycles. The molecule has 1 atom stereocenters. The van der Waals surface area contributed by atoms with Gasteiger partial charge < -0.3 is 5.32 Å². The normalized spacial score (nSPS) is 12.4. The Labute approximate surface area is 161 Å². The Bertz CT molecular complexity index is 896. The molecule has 0 fully saturated rings. The second-order valence-corrected chi connectivity index (χ2v) is 6.72. The molecule has 27 heavy (non-hydrogen) atoms. The van der Waals surface area contributed by atoms with Crippen LogP contribution < -0.4 is 5.32 Å². The van der Waals surface area contributed by atoms with Gasteiger partial charge in [-0.05, 0) is 47.2 Å². The van der Waals surface area contributed by atoms with Crippen LogP contribution in [0.4, 0.5) is 5.69 Å². The van der Waals surface area contributed by atoms with Crippen LogP contribution in [0.1, 0.15) is 42.9 Å². The van der Waals surface area contributed by atoms with Crippen molar-refractivity contribution in [3.8, 4) is 0 Å². The van der Waals surface area contributed by atoms with Crippen LogP contribution in [-0.2, 0) is 4.79 Å². The van der Waals surface area contributed by atoms with Crippen molar-refractivity contribution in [3.05, 3.63) is 102 Å². The molecular weight excluding hydrogens is 330 g/mol. The Morgan fingerprint density at radius 3 is 2.07 bits per heavy atom. The van der Waals surface area contributed by atoms with E-state index in [1.807, 2.05) is 78.9 Å². The van der Waals surface area contributed by atoms with Gasteiger partial charge in [0.1, 0.15) is 0 Å². The fourth-order valence-electron chi connectivity index (χ4n) is 2.94. The summed E-state index contributed by atoms with van der Waals surface area (Å²) in [5, 5.41) is 3.04. The number of nitrogens with one attached hydrogen (secondary N) is 1. The molecule has 0 radical (unpaired) electrons. The van der Waals surface area contributed by atoms with E-state index in [4.69, 9.17) is 0 Å². The number of benzene rings is 3. The van der Waals surface area contributed by atoms with Crippen molar-refractivity contribution >= 4 is 23.2 Å². The molecule has 3 rings (SSSR count). The summed E-state index contributed by atoms with van der Waals surface area (Å²) in [5.41, 5.74) is 4.64. The Hall–Kier alpha value is -3.13. The van der Waals surface area contributed by atoms with Gasteiger partial charge in [0.25, 0.3) is 5.91 Å². The van der Waals surface area contributed by atoms with Gasteiger partial charge in [0.15, 0.2) is 0 Å². The maximum absolute atomic E-state index is 13.0. The molecule has 0 spiro atoms. The first-order valence-electron chi connectivity index (χ1n) is 9.41. The van der Waals surface area contributed by atoms with Crippen LogP contribution in [0.2, 0.25) is 0 Å². The van der Waals surface area contributed by atoms with Crippen molar-refractivity contribution in [2.45, 2.75) is 26.2 Å². The van der Waals surface area contributed by atoms with Gasteiger partial charge in [-0.2, -0.15) is 0 Å². The summed E-state index contributed by atoms with van der Waals surface area (Å²) in [6.07, 6.45) is 3.03. The second-order valence-electron chi connectivity index (χ2n) is 6.72. The minimum atomic E-state index is -0.110. The molecule has 1 unspecified atom stereocenters. The van der Waals surface area contributed by atoms with Crippen molar-refractivity contribution in [1.29, 1.82) is 0 Å². The first-order chi connectivity index (χ1) is 13.2. The van der Waals surface area contributed by atoms with E-state index in [1.165, 1.54) is 5.56 Å². The number of anilines is 1. The Balaban J connectivity index is 1.86. The minimum absolute atomic E-state index is 0.110. The molecular formula is C25H25NO. The van der Waals surface area contributed by atoms with Gasteiger partial charge in [-0.1, -0.05) is 86.6 Å². The summed E-state index contributed by atoms with van der Waals surface area (Å²) in [4.78, 5) is 13.0. The summed E-state index contributed by atoms with van der Waals surface area (Å²) in [7, 11) is 0. The number of amides is 1. The molecule has 0 aliphatic heterocycles. The van der Waals surface area contributed by atoms with Crippen LogP contribution in [0.15, 0.2) is 84.9 Å². The van der Waals surface area contributed by atoms with E-state index in [1.54, 1.807) is 0 Å². The topological polar surface area (TPSA) is 29.1 Å². The summed E-state index contributed by atoms with van der Waals surface area (Å²) in [6.45, 7) is 4.39. The average Bonchev–Trinajstić information content (AvgIpc) is 2.73.